The van der Waals surface area contributed by atoms with E-state index in [1.807, 2.05) is 0 Å². The topological polar surface area (TPSA) is 66.5 Å². The molecule has 7 heteroatoms. The van der Waals surface area contributed by atoms with Crippen LogP contribution < -0.4 is 10.2 Å². The molecule has 0 radical (unpaired) electrons. The number of nitrogens with zero attached hydrogens (tertiary/aromatic N) is 1. The SMILES string of the molecule is C[C@H]1NC(=S)N(c2cccc(CS(=O)(=O)C(C)(C)C)c2)C1=O. The highest BCUT2D eigenvalue weighted by Crippen LogP contribution is 2.25. The van der Waals surface area contributed by atoms with Crippen molar-refractivity contribution in [3.05, 3.63) is 29.8 Å². The summed E-state index contributed by atoms with van der Waals surface area (Å²) in [5.41, 5.74) is 1.23. The van der Waals surface area contributed by atoms with E-state index in [-0.39, 0.29) is 17.7 Å². The average molecular weight is 340 g/mol. The van der Waals surface area contributed by atoms with Crippen molar-refractivity contribution in [3.63, 3.8) is 0 Å². The van der Waals surface area contributed by atoms with Crippen LogP contribution >= 0.6 is 12.2 Å². The van der Waals surface area contributed by atoms with Crippen molar-refractivity contribution in [2.24, 2.45) is 0 Å². The van der Waals surface area contributed by atoms with Gasteiger partial charge in [-0.2, -0.15) is 0 Å². The molecule has 1 N–H and O–H groups in total. The molecule has 0 unspecified atom stereocenters. The lowest BCUT2D eigenvalue weighted by Gasteiger charge is -2.20. The predicted molar refractivity (Wildman–Crippen MR) is 91.5 cm³/mol. The van der Waals surface area contributed by atoms with Crippen LogP contribution in [0.25, 0.3) is 0 Å². The highest BCUT2D eigenvalue weighted by atomic mass is 32.2. The standard InChI is InChI=1S/C15H20N2O3S2/c1-10-13(18)17(14(21)16-10)12-7-5-6-11(8-12)9-22(19,20)15(2,3)4/h5-8,10H,9H2,1-4H3,(H,16,21)/t10-/m1/s1. The van der Waals surface area contributed by atoms with Gasteiger partial charge in [-0.25, -0.2) is 8.42 Å². The first-order chi connectivity index (χ1) is 10.0. The van der Waals surface area contributed by atoms with Crippen molar-refractivity contribution in [3.8, 4) is 0 Å². The maximum Gasteiger partial charge on any atom is 0.255 e. The lowest BCUT2D eigenvalue weighted by Crippen LogP contribution is -2.31. The fraction of sp³-hybridized carbons (Fsp3) is 0.467. The van der Waals surface area contributed by atoms with Crippen LogP contribution in [0.15, 0.2) is 24.3 Å². The Morgan fingerprint density at radius 2 is 1.95 bits per heavy atom. The van der Waals surface area contributed by atoms with Gasteiger partial charge in [-0.1, -0.05) is 12.1 Å². The van der Waals surface area contributed by atoms with Crippen LogP contribution in [-0.2, 0) is 20.4 Å². The van der Waals surface area contributed by atoms with Gasteiger partial charge in [0.2, 0.25) is 0 Å². The van der Waals surface area contributed by atoms with Crippen LogP contribution in [0.3, 0.4) is 0 Å². The number of hydrogen-bond acceptors (Lipinski definition) is 4. The fourth-order valence-electron chi connectivity index (χ4n) is 2.07. The minimum absolute atomic E-state index is 0.0673. The Balaban J connectivity index is 2.33. The third kappa shape index (κ3) is 3.15. The van der Waals surface area contributed by atoms with E-state index < -0.39 is 14.6 Å². The van der Waals surface area contributed by atoms with E-state index >= 15 is 0 Å². The van der Waals surface area contributed by atoms with Gasteiger partial charge in [0.15, 0.2) is 14.9 Å². The van der Waals surface area contributed by atoms with Gasteiger partial charge < -0.3 is 5.32 Å². The largest absolute Gasteiger partial charge is 0.350 e. The average Bonchev–Trinajstić information content (AvgIpc) is 2.61. The molecule has 1 heterocycles. The zero-order valence-corrected chi connectivity index (χ0v) is 14.7. The molecule has 1 fully saturated rings. The molecule has 0 bridgehead atoms. The van der Waals surface area contributed by atoms with Gasteiger partial charge in [0.25, 0.3) is 5.91 Å². The Morgan fingerprint density at radius 3 is 2.45 bits per heavy atom. The summed E-state index contributed by atoms with van der Waals surface area (Å²) in [6.07, 6.45) is 0. The second-order valence-electron chi connectivity index (χ2n) is 6.39. The number of sulfone groups is 1. The lowest BCUT2D eigenvalue weighted by atomic mass is 10.2. The minimum Gasteiger partial charge on any atom is -0.350 e. The van der Waals surface area contributed by atoms with Crippen LogP contribution in [0, 0.1) is 0 Å². The number of nitrogens with one attached hydrogen (secondary N) is 1. The molecule has 0 aromatic heterocycles. The van der Waals surface area contributed by atoms with E-state index in [0.29, 0.717) is 16.4 Å². The summed E-state index contributed by atoms with van der Waals surface area (Å²) >= 11 is 5.16. The van der Waals surface area contributed by atoms with E-state index in [1.54, 1.807) is 52.0 Å². The van der Waals surface area contributed by atoms with Crippen LogP contribution in [0.5, 0.6) is 0 Å². The summed E-state index contributed by atoms with van der Waals surface area (Å²) in [5.74, 6) is -0.205. The van der Waals surface area contributed by atoms with E-state index in [1.165, 1.54) is 4.90 Å². The van der Waals surface area contributed by atoms with Gasteiger partial charge >= 0.3 is 0 Å². The number of benzene rings is 1. The summed E-state index contributed by atoms with van der Waals surface area (Å²) < 4.78 is 23.8. The predicted octanol–water partition coefficient (Wildman–Crippen LogP) is 2.01. The molecular formula is C15H20N2O3S2. The maximum atomic E-state index is 12.3. The van der Waals surface area contributed by atoms with Crippen molar-refractivity contribution in [1.29, 1.82) is 0 Å². The number of thiocarbonyl (C=S) groups is 1. The molecular weight excluding hydrogens is 320 g/mol. The van der Waals surface area contributed by atoms with Crippen molar-refractivity contribution < 1.29 is 13.2 Å². The smallest absolute Gasteiger partial charge is 0.255 e. The molecule has 1 aromatic rings. The van der Waals surface area contributed by atoms with Crippen molar-refractivity contribution in [2.75, 3.05) is 4.90 Å². The molecule has 0 spiro atoms. The molecule has 120 valence electrons. The number of carbonyl (C=O) groups is 1. The molecule has 5 nitrogen and oxygen atoms in total. The number of anilines is 1. The van der Waals surface area contributed by atoms with Gasteiger partial charge in [0.1, 0.15) is 6.04 Å². The molecule has 1 saturated heterocycles. The number of carbonyl (C=O) groups excluding carboxylic acids is 1. The lowest BCUT2D eigenvalue weighted by molar-refractivity contribution is -0.117. The molecule has 2 rings (SSSR count). The van der Waals surface area contributed by atoms with Crippen molar-refractivity contribution in [1.82, 2.24) is 5.32 Å². The van der Waals surface area contributed by atoms with Crippen LogP contribution in [-0.4, -0.2) is 30.2 Å². The summed E-state index contributed by atoms with van der Waals surface area (Å²) in [6, 6.07) is 6.56. The van der Waals surface area contributed by atoms with Crippen LogP contribution in [0.4, 0.5) is 5.69 Å². The van der Waals surface area contributed by atoms with Gasteiger partial charge in [-0.3, -0.25) is 9.69 Å². The van der Waals surface area contributed by atoms with Gasteiger partial charge in [-0.15, -0.1) is 0 Å². The maximum absolute atomic E-state index is 12.3. The zero-order chi connectivity index (χ0) is 16.7. The first kappa shape index (κ1) is 16.9. The molecule has 1 atom stereocenters. The molecule has 1 aliphatic heterocycles. The van der Waals surface area contributed by atoms with E-state index in [9.17, 15) is 13.2 Å². The third-order valence-electron chi connectivity index (χ3n) is 3.59. The van der Waals surface area contributed by atoms with Crippen molar-refractivity contribution >= 4 is 38.8 Å². The summed E-state index contributed by atoms with van der Waals surface area (Å²) in [7, 11) is -3.28. The zero-order valence-electron chi connectivity index (χ0n) is 13.1. The molecule has 1 aliphatic rings. The highest BCUT2D eigenvalue weighted by molar-refractivity contribution is 7.91. The quantitative estimate of drug-likeness (QED) is 0.853. The normalized spacial score (nSPS) is 19.5. The van der Waals surface area contributed by atoms with Crippen LogP contribution in [0.2, 0.25) is 0 Å². The van der Waals surface area contributed by atoms with Crippen LogP contribution in [0.1, 0.15) is 33.3 Å². The van der Waals surface area contributed by atoms with Gasteiger partial charge in [0, 0.05) is 0 Å². The minimum atomic E-state index is -3.28. The summed E-state index contributed by atoms with van der Waals surface area (Å²) in [5, 5.41) is 3.24. The first-order valence-corrected chi connectivity index (χ1v) is 9.05. The fourth-order valence-corrected chi connectivity index (χ4v) is 3.49. The van der Waals surface area contributed by atoms with Crippen molar-refractivity contribution in [2.45, 2.75) is 44.2 Å². The Morgan fingerprint density at radius 1 is 1.32 bits per heavy atom. The summed E-state index contributed by atoms with van der Waals surface area (Å²) in [4.78, 5) is 13.5. The van der Waals surface area contributed by atoms with E-state index in [0.717, 1.165) is 0 Å². The molecule has 0 aliphatic carbocycles. The molecule has 0 saturated carbocycles. The second kappa shape index (κ2) is 5.62. The van der Waals surface area contributed by atoms with Gasteiger partial charge in [-0.05, 0) is 57.6 Å². The molecule has 1 amide bonds. The second-order valence-corrected chi connectivity index (χ2v) is 9.52. The monoisotopic (exact) mass is 340 g/mol. The highest BCUT2D eigenvalue weighted by Gasteiger charge is 2.34. The van der Waals surface area contributed by atoms with Gasteiger partial charge in [0.05, 0.1) is 16.2 Å². The number of hydrogen-bond donors (Lipinski definition) is 1. The number of rotatable bonds is 3. The first-order valence-electron chi connectivity index (χ1n) is 6.98. The molecule has 22 heavy (non-hydrogen) atoms. The molecule has 1 aromatic carbocycles. The number of amides is 1. The third-order valence-corrected chi connectivity index (χ3v) is 6.47. The Labute approximate surface area is 136 Å². The Hall–Kier alpha value is -1.47. The van der Waals surface area contributed by atoms with E-state index in [4.69, 9.17) is 12.2 Å². The Kier molecular flexibility index (Phi) is 4.32. The summed E-state index contributed by atoms with van der Waals surface area (Å²) in [6.45, 7) is 6.77. The van der Waals surface area contributed by atoms with E-state index in [2.05, 4.69) is 5.32 Å². The Bertz CT molecular complexity index is 721.